The number of para-hydroxylation sites is 1. The van der Waals surface area contributed by atoms with Crippen molar-refractivity contribution in [2.75, 3.05) is 4.90 Å². The smallest absolute Gasteiger partial charge is 0.138 e. The van der Waals surface area contributed by atoms with Crippen LogP contribution in [-0.4, -0.2) is 11.7 Å². The molecule has 170 valence electrons. The Morgan fingerprint density at radius 3 is 1.76 bits per heavy atom. The summed E-state index contributed by atoms with van der Waals surface area (Å²) >= 11 is 0. The lowest BCUT2D eigenvalue weighted by atomic mass is 9.90. The molecule has 0 unspecified atom stereocenters. The number of anilines is 1. The minimum atomic E-state index is 0.0526. The maximum absolute atomic E-state index is 9.49. The van der Waals surface area contributed by atoms with E-state index >= 15 is 0 Å². The van der Waals surface area contributed by atoms with E-state index in [1.165, 1.54) is 6.07 Å². The van der Waals surface area contributed by atoms with Gasteiger partial charge >= 0.3 is 0 Å². The predicted molar refractivity (Wildman–Crippen MR) is 138 cm³/mol. The van der Waals surface area contributed by atoms with Crippen LogP contribution < -0.4 is 4.90 Å². The predicted octanol–water partition coefficient (Wildman–Crippen LogP) is 6.84. The summed E-state index contributed by atoms with van der Waals surface area (Å²) in [5, 5.41) is 37.5. The normalized spacial score (nSPS) is 10.6. The van der Waals surface area contributed by atoms with Crippen LogP contribution in [0.3, 0.4) is 0 Å². The Morgan fingerprint density at radius 2 is 1.29 bits per heavy atom. The summed E-state index contributed by atoms with van der Waals surface area (Å²) < 4.78 is 0. The first-order valence-electron chi connectivity index (χ1n) is 11.3. The number of hydrogen-bond donors (Lipinski definition) is 2. The van der Waals surface area contributed by atoms with Crippen LogP contribution in [0.25, 0.3) is 0 Å². The summed E-state index contributed by atoms with van der Waals surface area (Å²) in [6.45, 7) is 10.4. The van der Waals surface area contributed by atoms with E-state index in [-0.39, 0.29) is 23.5 Å². The highest BCUT2D eigenvalue weighted by Gasteiger charge is 2.28. The lowest BCUT2D eigenvalue weighted by molar-refractivity contribution is 0.833. The zero-order chi connectivity index (χ0) is 25.0. The third-order valence-corrected chi connectivity index (χ3v) is 5.88. The molecule has 5 heteroatoms. The summed E-state index contributed by atoms with van der Waals surface area (Å²) in [7, 11) is 0. The number of nitriles is 2. The SMILES string of the molecule is Cc1ccccc1C(=N)N(C(=N)c1cc(C#N)cc(C#N)c1)c1c(C(C)C)cccc1C(C)C. The Morgan fingerprint density at radius 1 is 0.765 bits per heavy atom. The summed E-state index contributed by atoms with van der Waals surface area (Å²) in [4.78, 5) is 1.67. The van der Waals surface area contributed by atoms with Crippen molar-refractivity contribution < 1.29 is 0 Å². The van der Waals surface area contributed by atoms with E-state index in [0.717, 1.165) is 27.9 Å². The first-order valence-corrected chi connectivity index (χ1v) is 11.3. The van der Waals surface area contributed by atoms with Gasteiger partial charge in [0, 0.05) is 11.1 Å². The molecule has 0 heterocycles. The molecule has 0 atom stereocenters. The van der Waals surface area contributed by atoms with Crippen molar-refractivity contribution in [1.82, 2.24) is 0 Å². The van der Waals surface area contributed by atoms with Crippen molar-refractivity contribution in [2.45, 2.75) is 46.5 Å². The van der Waals surface area contributed by atoms with Gasteiger partial charge in [-0.3, -0.25) is 15.7 Å². The molecule has 0 aliphatic carbocycles. The monoisotopic (exact) mass is 447 g/mol. The van der Waals surface area contributed by atoms with Crippen LogP contribution in [0.5, 0.6) is 0 Å². The van der Waals surface area contributed by atoms with Crippen LogP contribution >= 0.6 is 0 Å². The standard InChI is InChI=1S/C29H29N5/c1-18(2)24-11-8-12-25(19(3)4)27(24)34(29(33)26-10-7-6-9-20(26)5)28(32)23-14-21(16-30)13-22(15-23)17-31/h6-15,18-19,32-33H,1-5H3. The molecule has 0 spiro atoms. The number of aryl methyl sites for hydroxylation is 1. The summed E-state index contributed by atoms with van der Waals surface area (Å²) in [5.41, 5.74) is 5.57. The first-order chi connectivity index (χ1) is 16.2. The fraction of sp³-hybridized carbons (Fsp3) is 0.241. The van der Waals surface area contributed by atoms with Gasteiger partial charge in [-0.2, -0.15) is 10.5 Å². The fourth-order valence-corrected chi connectivity index (χ4v) is 4.09. The molecular weight excluding hydrogens is 418 g/mol. The highest BCUT2D eigenvalue weighted by Crippen LogP contribution is 2.37. The highest BCUT2D eigenvalue weighted by atomic mass is 15.2. The van der Waals surface area contributed by atoms with Gasteiger partial charge in [-0.05, 0) is 53.6 Å². The minimum absolute atomic E-state index is 0.0526. The zero-order valence-electron chi connectivity index (χ0n) is 20.3. The van der Waals surface area contributed by atoms with Crippen molar-refractivity contribution in [2.24, 2.45) is 0 Å². The van der Waals surface area contributed by atoms with E-state index < -0.39 is 0 Å². The van der Waals surface area contributed by atoms with Gasteiger partial charge in [0.1, 0.15) is 11.7 Å². The van der Waals surface area contributed by atoms with E-state index in [0.29, 0.717) is 16.7 Å². The zero-order valence-corrected chi connectivity index (χ0v) is 20.3. The van der Waals surface area contributed by atoms with Gasteiger partial charge in [0.15, 0.2) is 0 Å². The molecule has 34 heavy (non-hydrogen) atoms. The van der Waals surface area contributed by atoms with Crippen molar-refractivity contribution in [1.29, 1.82) is 21.3 Å². The van der Waals surface area contributed by atoms with Crippen LogP contribution in [0, 0.1) is 40.4 Å². The van der Waals surface area contributed by atoms with Crippen molar-refractivity contribution in [3.05, 3.63) is 99.6 Å². The number of nitrogens with zero attached hydrogens (tertiary/aromatic N) is 3. The Labute approximate surface area is 201 Å². The molecule has 0 radical (unpaired) electrons. The van der Waals surface area contributed by atoms with Crippen LogP contribution in [0.1, 0.15) is 78.5 Å². The Bertz CT molecular complexity index is 1280. The number of nitrogens with one attached hydrogen (secondary N) is 2. The second kappa shape index (κ2) is 10.1. The molecule has 0 aromatic heterocycles. The number of hydrogen-bond acceptors (Lipinski definition) is 4. The van der Waals surface area contributed by atoms with Gasteiger partial charge in [0.2, 0.25) is 0 Å². The lowest BCUT2D eigenvalue weighted by Crippen LogP contribution is -2.39. The third-order valence-electron chi connectivity index (χ3n) is 5.88. The number of benzene rings is 3. The molecule has 0 saturated carbocycles. The summed E-state index contributed by atoms with van der Waals surface area (Å²) in [5.74, 6) is 0.554. The van der Waals surface area contributed by atoms with Crippen LogP contribution in [0.2, 0.25) is 0 Å². The Balaban J connectivity index is 2.36. The van der Waals surface area contributed by atoms with Gasteiger partial charge in [-0.1, -0.05) is 70.2 Å². The minimum Gasteiger partial charge on any atom is -0.284 e. The molecular formula is C29H29N5. The highest BCUT2D eigenvalue weighted by molar-refractivity contribution is 6.28. The van der Waals surface area contributed by atoms with Gasteiger partial charge in [-0.25, -0.2) is 0 Å². The van der Waals surface area contributed by atoms with Gasteiger partial charge in [0.05, 0.1) is 29.0 Å². The average Bonchev–Trinajstić information content (AvgIpc) is 2.83. The van der Waals surface area contributed by atoms with Gasteiger partial charge in [-0.15, -0.1) is 0 Å². The largest absolute Gasteiger partial charge is 0.284 e. The molecule has 2 N–H and O–H groups in total. The molecule has 0 aliphatic heterocycles. The second-order valence-electron chi connectivity index (χ2n) is 8.96. The van der Waals surface area contributed by atoms with Crippen LogP contribution in [0.15, 0.2) is 60.7 Å². The van der Waals surface area contributed by atoms with Crippen LogP contribution in [0.4, 0.5) is 5.69 Å². The first kappa shape index (κ1) is 24.4. The number of amidine groups is 2. The van der Waals surface area contributed by atoms with Crippen molar-refractivity contribution in [3.63, 3.8) is 0 Å². The van der Waals surface area contributed by atoms with Gasteiger partial charge in [0.25, 0.3) is 0 Å². The average molecular weight is 448 g/mol. The summed E-state index contributed by atoms with van der Waals surface area (Å²) in [6, 6.07) is 22.7. The quantitative estimate of drug-likeness (QED) is 0.331. The van der Waals surface area contributed by atoms with E-state index in [2.05, 4.69) is 39.8 Å². The Kier molecular flexibility index (Phi) is 7.29. The molecule has 0 saturated heterocycles. The topological polar surface area (TPSA) is 98.5 Å². The van der Waals surface area contributed by atoms with E-state index in [9.17, 15) is 21.3 Å². The van der Waals surface area contributed by atoms with Crippen molar-refractivity contribution in [3.8, 4) is 12.1 Å². The van der Waals surface area contributed by atoms with E-state index in [1.807, 2.05) is 49.4 Å². The number of rotatable bonds is 5. The lowest BCUT2D eigenvalue weighted by Gasteiger charge is -2.32. The maximum atomic E-state index is 9.49. The molecule has 3 aromatic rings. The maximum Gasteiger partial charge on any atom is 0.138 e. The fourth-order valence-electron chi connectivity index (χ4n) is 4.09. The van der Waals surface area contributed by atoms with E-state index in [1.54, 1.807) is 17.0 Å². The van der Waals surface area contributed by atoms with E-state index in [4.69, 9.17) is 0 Å². The molecule has 5 nitrogen and oxygen atoms in total. The molecule has 0 bridgehead atoms. The second-order valence-corrected chi connectivity index (χ2v) is 8.96. The Hall–Kier alpha value is -4.22. The molecule has 0 amide bonds. The summed E-state index contributed by atoms with van der Waals surface area (Å²) in [6.07, 6.45) is 0. The molecule has 3 rings (SSSR count). The van der Waals surface area contributed by atoms with Gasteiger partial charge < -0.3 is 0 Å². The van der Waals surface area contributed by atoms with Crippen molar-refractivity contribution >= 4 is 17.4 Å². The molecule has 0 aliphatic rings. The van der Waals surface area contributed by atoms with Crippen LogP contribution in [-0.2, 0) is 0 Å². The molecule has 3 aromatic carbocycles. The molecule has 0 fully saturated rings. The third kappa shape index (κ3) is 4.75.